The molecule has 0 aromatic heterocycles. The van der Waals surface area contributed by atoms with E-state index in [4.69, 9.17) is 14.2 Å². The predicted molar refractivity (Wildman–Crippen MR) is 109 cm³/mol. The number of methoxy groups -OCH3 is 1. The number of rotatable bonds is 7. The summed E-state index contributed by atoms with van der Waals surface area (Å²) in [5.41, 5.74) is 1.28. The molecular formula is C23H32N2O4. The minimum absolute atomic E-state index is 0.303. The lowest BCUT2D eigenvalue weighted by Gasteiger charge is -2.51. The Hall–Kier alpha value is -1.79. The summed E-state index contributed by atoms with van der Waals surface area (Å²) in [7, 11) is 1.74. The van der Waals surface area contributed by atoms with Crippen LogP contribution in [0, 0.1) is 5.92 Å². The molecule has 0 unspecified atom stereocenters. The molecule has 5 aliphatic rings. The molecule has 1 aromatic rings. The van der Waals surface area contributed by atoms with Gasteiger partial charge in [-0.05, 0) is 62.4 Å². The van der Waals surface area contributed by atoms with Crippen LogP contribution in [0.15, 0.2) is 18.2 Å². The van der Waals surface area contributed by atoms with Gasteiger partial charge in [0.2, 0.25) is 12.7 Å². The van der Waals surface area contributed by atoms with Crippen LogP contribution in [0.3, 0.4) is 0 Å². The maximum absolute atomic E-state index is 13.2. The summed E-state index contributed by atoms with van der Waals surface area (Å²) in [6, 6.07) is 7.17. The monoisotopic (exact) mass is 400 g/mol. The van der Waals surface area contributed by atoms with Gasteiger partial charge in [0.05, 0.1) is 6.04 Å². The zero-order chi connectivity index (χ0) is 19.8. The van der Waals surface area contributed by atoms with Crippen molar-refractivity contribution in [2.45, 2.75) is 56.5 Å². The Bertz CT molecular complexity index is 746. The number of carbonyl (C=O) groups excluding carboxylic acids is 1. The van der Waals surface area contributed by atoms with Gasteiger partial charge >= 0.3 is 0 Å². The van der Waals surface area contributed by atoms with E-state index in [9.17, 15) is 4.79 Å². The highest BCUT2D eigenvalue weighted by Gasteiger charge is 2.54. The lowest BCUT2D eigenvalue weighted by atomic mass is 9.75. The second-order valence-electron chi connectivity index (χ2n) is 8.92. The number of hydrogen-bond acceptors (Lipinski definition) is 5. The Morgan fingerprint density at radius 1 is 1.10 bits per heavy atom. The van der Waals surface area contributed by atoms with Crippen LogP contribution in [0.25, 0.3) is 0 Å². The normalized spacial score (nSPS) is 31.9. The lowest BCUT2D eigenvalue weighted by molar-refractivity contribution is -0.136. The van der Waals surface area contributed by atoms with Gasteiger partial charge in [0.15, 0.2) is 11.5 Å². The van der Waals surface area contributed by atoms with Gasteiger partial charge < -0.3 is 19.1 Å². The molecule has 0 saturated carbocycles. The van der Waals surface area contributed by atoms with Crippen LogP contribution in [-0.4, -0.2) is 67.9 Å². The molecule has 0 spiro atoms. The second-order valence-corrected chi connectivity index (χ2v) is 8.92. The van der Waals surface area contributed by atoms with Crippen molar-refractivity contribution in [1.29, 1.82) is 0 Å². The molecule has 1 aromatic carbocycles. The molecule has 158 valence electrons. The Morgan fingerprint density at radius 3 is 2.76 bits per heavy atom. The number of unbranched alkanes of at least 4 members (excludes halogenated alkanes) is 2. The molecule has 6 nitrogen and oxygen atoms in total. The van der Waals surface area contributed by atoms with E-state index in [2.05, 4.69) is 21.9 Å². The van der Waals surface area contributed by atoms with Crippen LogP contribution in [0.2, 0.25) is 0 Å². The van der Waals surface area contributed by atoms with Gasteiger partial charge in [-0.25, -0.2) is 0 Å². The molecule has 2 bridgehead atoms. The predicted octanol–water partition coefficient (Wildman–Crippen LogP) is 3.01. The number of fused-ring (bicyclic) bond motifs is 3. The van der Waals surface area contributed by atoms with E-state index in [0.717, 1.165) is 43.9 Å². The summed E-state index contributed by atoms with van der Waals surface area (Å²) in [6.07, 6.45) is 6.17. The first-order valence-corrected chi connectivity index (χ1v) is 11.2. The molecule has 1 amide bonds. The first-order chi connectivity index (χ1) is 14.3. The fourth-order valence-electron chi connectivity index (χ4n) is 5.98. The van der Waals surface area contributed by atoms with E-state index in [-0.39, 0.29) is 0 Å². The number of carbonyl (C=O) groups is 1. The van der Waals surface area contributed by atoms with Crippen LogP contribution in [0.4, 0.5) is 0 Å². The molecule has 4 fully saturated rings. The number of likely N-dealkylation sites (tertiary alicyclic amines) is 1. The lowest BCUT2D eigenvalue weighted by Crippen LogP contribution is -2.60. The summed E-state index contributed by atoms with van der Waals surface area (Å²) >= 11 is 0. The molecule has 5 aliphatic heterocycles. The fraction of sp³-hybridized carbons (Fsp3) is 0.696. The van der Waals surface area contributed by atoms with E-state index >= 15 is 0 Å². The van der Waals surface area contributed by atoms with Crippen molar-refractivity contribution in [3.05, 3.63) is 23.8 Å². The second kappa shape index (κ2) is 8.15. The first-order valence-electron chi connectivity index (χ1n) is 11.2. The maximum atomic E-state index is 13.2. The van der Waals surface area contributed by atoms with Gasteiger partial charge in [-0.2, -0.15) is 0 Å². The zero-order valence-corrected chi connectivity index (χ0v) is 17.3. The summed E-state index contributed by atoms with van der Waals surface area (Å²) in [5, 5.41) is 0. The van der Waals surface area contributed by atoms with Crippen molar-refractivity contribution in [2.24, 2.45) is 5.92 Å². The molecule has 0 N–H and O–H groups in total. The Labute approximate surface area is 173 Å². The minimum Gasteiger partial charge on any atom is -0.454 e. The zero-order valence-electron chi connectivity index (χ0n) is 17.3. The third-order valence-electron chi connectivity index (χ3n) is 7.38. The molecular weight excluding hydrogens is 368 g/mol. The van der Waals surface area contributed by atoms with E-state index in [0.29, 0.717) is 43.0 Å². The van der Waals surface area contributed by atoms with Crippen molar-refractivity contribution in [3.8, 4) is 11.5 Å². The Morgan fingerprint density at radius 2 is 1.93 bits per heavy atom. The van der Waals surface area contributed by atoms with Crippen molar-refractivity contribution < 1.29 is 19.0 Å². The molecule has 6 heteroatoms. The van der Waals surface area contributed by atoms with Crippen molar-refractivity contribution >= 4 is 5.91 Å². The SMILES string of the molecule is COCCCCCC(=O)N1C[C@@H](c2ccc3c(c2)OCO3)[C@@H]2[C@H]1C1CCN2CC1. The highest BCUT2D eigenvalue weighted by Crippen LogP contribution is 2.48. The quantitative estimate of drug-likeness (QED) is 0.659. The minimum atomic E-state index is 0.303. The number of piperidine rings is 3. The van der Waals surface area contributed by atoms with E-state index < -0.39 is 0 Å². The molecule has 0 radical (unpaired) electrons. The van der Waals surface area contributed by atoms with Gasteiger partial charge in [0, 0.05) is 38.6 Å². The molecule has 4 saturated heterocycles. The molecule has 6 rings (SSSR count). The molecule has 0 aliphatic carbocycles. The Kier molecular flexibility index (Phi) is 5.39. The average molecular weight is 401 g/mol. The number of amides is 1. The summed E-state index contributed by atoms with van der Waals surface area (Å²) in [5.74, 6) is 3.03. The number of hydrogen-bond donors (Lipinski definition) is 0. The van der Waals surface area contributed by atoms with Crippen LogP contribution >= 0.6 is 0 Å². The van der Waals surface area contributed by atoms with E-state index in [1.807, 2.05) is 6.07 Å². The van der Waals surface area contributed by atoms with Crippen LogP contribution in [0.1, 0.15) is 50.0 Å². The highest BCUT2D eigenvalue weighted by atomic mass is 16.7. The largest absolute Gasteiger partial charge is 0.454 e. The fourth-order valence-corrected chi connectivity index (χ4v) is 5.98. The third kappa shape index (κ3) is 3.50. The smallest absolute Gasteiger partial charge is 0.231 e. The number of benzene rings is 1. The van der Waals surface area contributed by atoms with E-state index in [1.165, 1.54) is 31.5 Å². The van der Waals surface area contributed by atoms with Gasteiger partial charge in [-0.15, -0.1) is 0 Å². The number of nitrogens with zero attached hydrogens (tertiary/aromatic N) is 2. The van der Waals surface area contributed by atoms with Gasteiger partial charge in [-0.3, -0.25) is 9.69 Å². The third-order valence-corrected chi connectivity index (χ3v) is 7.38. The molecule has 29 heavy (non-hydrogen) atoms. The van der Waals surface area contributed by atoms with Crippen molar-refractivity contribution in [3.63, 3.8) is 0 Å². The number of ether oxygens (including phenoxy) is 3. The summed E-state index contributed by atoms with van der Waals surface area (Å²) < 4.78 is 16.3. The topological polar surface area (TPSA) is 51.2 Å². The summed E-state index contributed by atoms with van der Waals surface area (Å²) in [4.78, 5) is 18.1. The standard InChI is InChI=1S/C23H32N2O4/c1-27-12-4-2-3-5-21(26)25-14-18(17-6-7-19-20(13-17)29-15-28-19)23-22(25)16-8-10-24(23)11-9-16/h6-7,13,16,18,22-23H,2-5,8-12,14-15H2,1H3/t18-,22+,23+/m0/s1. The van der Waals surface area contributed by atoms with Gasteiger partial charge in [-0.1, -0.05) is 12.5 Å². The van der Waals surface area contributed by atoms with Crippen LogP contribution in [0.5, 0.6) is 11.5 Å². The van der Waals surface area contributed by atoms with Crippen LogP contribution in [-0.2, 0) is 9.53 Å². The maximum Gasteiger partial charge on any atom is 0.231 e. The average Bonchev–Trinajstić information content (AvgIpc) is 3.39. The Balaban J connectivity index is 1.34. The van der Waals surface area contributed by atoms with Crippen molar-refractivity contribution in [2.75, 3.05) is 40.1 Å². The molecule has 5 heterocycles. The van der Waals surface area contributed by atoms with E-state index in [1.54, 1.807) is 7.11 Å². The van der Waals surface area contributed by atoms with Gasteiger partial charge in [0.1, 0.15) is 0 Å². The summed E-state index contributed by atoms with van der Waals surface area (Å²) in [6.45, 7) is 4.26. The van der Waals surface area contributed by atoms with Gasteiger partial charge in [0.25, 0.3) is 0 Å². The van der Waals surface area contributed by atoms with Crippen LogP contribution < -0.4 is 9.47 Å². The highest BCUT2D eigenvalue weighted by molar-refractivity contribution is 5.77. The first kappa shape index (κ1) is 19.2. The van der Waals surface area contributed by atoms with Crippen molar-refractivity contribution in [1.82, 2.24) is 9.80 Å². The molecule has 3 atom stereocenters.